The molecule has 1 aliphatic rings. The van der Waals surface area contributed by atoms with E-state index >= 15 is 0 Å². The highest BCUT2D eigenvalue weighted by Gasteiger charge is 2.27. The zero-order valence-corrected chi connectivity index (χ0v) is 11.7. The predicted octanol–water partition coefficient (Wildman–Crippen LogP) is 4.21. The Kier molecular flexibility index (Phi) is 2.67. The van der Waals surface area contributed by atoms with Crippen molar-refractivity contribution in [2.45, 2.75) is 18.8 Å². The van der Waals surface area contributed by atoms with Crippen LogP contribution in [0.1, 0.15) is 33.8 Å². The zero-order chi connectivity index (χ0) is 13.5. The largest absolute Gasteiger partial charge is 0.294 e. The van der Waals surface area contributed by atoms with Gasteiger partial charge in [-0.3, -0.25) is 9.78 Å². The van der Waals surface area contributed by atoms with Crippen molar-refractivity contribution in [2.75, 3.05) is 0 Å². The second-order valence-electron chi connectivity index (χ2n) is 5.26. The number of pyridine rings is 1. The average molecular weight is 279 g/mol. The van der Waals surface area contributed by atoms with Crippen LogP contribution in [0.15, 0.2) is 48.0 Å². The number of benzene rings is 1. The van der Waals surface area contributed by atoms with Gasteiger partial charge >= 0.3 is 0 Å². The maximum Gasteiger partial charge on any atom is 0.165 e. The Morgan fingerprint density at radius 3 is 3.10 bits per heavy atom. The minimum atomic E-state index is 0.201. The van der Waals surface area contributed by atoms with E-state index in [9.17, 15) is 4.79 Å². The standard InChI is InChI=1S/C17H13NOS/c19-16(8-12-7-11-3-1-2-4-14(11)12)13-9-17-15(18-10-13)5-6-20-17/h1-6,9-10,12H,7-8H2. The highest BCUT2D eigenvalue weighted by molar-refractivity contribution is 7.17. The molecule has 2 nitrogen and oxygen atoms in total. The molecule has 1 aromatic carbocycles. The van der Waals surface area contributed by atoms with Crippen molar-refractivity contribution >= 4 is 27.3 Å². The van der Waals surface area contributed by atoms with Gasteiger partial charge in [0.15, 0.2) is 5.78 Å². The third kappa shape index (κ3) is 1.86. The third-order valence-corrected chi connectivity index (χ3v) is 4.87. The minimum Gasteiger partial charge on any atom is -0.294 e. The second-order valence-corrected chi connectivity index (χ2v) is 6.20. The van der Waals surface area contributed by atoms with Crippen LogP contribution in [0.3, 0.4) is 0 Å². The Balaban J connectivity index is 1.56. The van der Waals surface area contributed by atoms with E-state index in [1.165, 1.54) is 11.1 Å². The molecule has 0 N–H and O–H groups in total. The summed E-state index contributed by atoms with van der Waals surface area (Å²) >= 11 is 1.63. The monoisotopic (exact) mass is 279 g/mol. The molecule has 0 radical (unpaired) electrons. The molecule has 4 rings (SSSR count). The lowest BCUT2D eigenvalue weighted by molar-refractivity contribution is 0.0970. The van der Waals surface area contributed by atoms with E-state index < -0.39 is 0 Å². The molecule has 3 aromatic rings. The van der Waals surface area contributed by atoms with Crippen LogP contribution in [0.5, 0.6) is 0 Å². The van der Waals surface area contributed by atoms with Crippen LogP contribution in [0, 0.1) is 0 Å². The van der Waals surface area contributed by atoms with Gasteiger partial charge in [0.25, 0.3) is 0 Å². The van der Waals surface area contributed by atoms with Gasteiger partial charge in [-0.2, -0.15) is 0 Å². The Morgan fingerprint density at radius 1 is 1.30 bits per heavy atom. The lowest BCUT2D eigenvalue weighted by atomic mass is 9.74. The first-order valence-electron chi connectivity index (χ1n) is 6.75. The molecule has 0 saturated heterocycles. The van der Waals surface area contributed by atoms with E-state index in [2.05, 4.69) is 29.2 Å². The first-order chi connectivity index (χ1) is 9.81. The topological polar surface area (TPSA) is 30.0 Å². The highest BCUT2D eigenvalue weighted by Crippen LogP contribution is 2.38. The summed E-state index contributed by atoms with van der Waals surface area (Å²) in [5, 5.41) is 2.01. The number of thiophene rings is 1. The number of ketones is 1. The molecule has 0 saturated carbocycles. The van der Waals surface area contributed by atoms with Gasteiger partial charge in [0, 0.05) is 18.2 Å². The molecule has 0 spiro atoms. The van der Waals surface area contributed by atoms with Gasteiger partial charge in [-0.1, -0.05) is 24.3 Å². The van der Waals surface area contributed by atoms with E-state index in [1.807, 2.05) is 17.5 Å². The summed E-state index contributed by atoms with van der Waals surface area (Å²) in [7, 11) is 0. The summed E-state index contributed by atoms with van der Waals surface area (Å²) < 4.78 is 1.09. The number of nitrogens with zero attached hydrogens (tertiary/aromatic N) is 1. The van der Waals surface area contributed by atoms with E-state index in [1.54, 1.807) is 17.5 Å². The summed E-state index contributed by atoms with van der Waals surface area (Å²) in [6.07, 6.45) is 3.33. The SMILES string of the molecule is O=C(CC1Cc2ccccc21)c1cnc2ccsc2c1. The molecule has 1 unspecified atom stereocenters. The third-order valence-electron chi connectivity index (χ3n) is 4.02. The zero-order valence-electron chi connectivity index (χ0n) is 10.9. The fourth-order valence-electron chi connectivity index (χ4n) is 2.89. The van der Waals surface area contributed by atoms with Crippen molar-refractivity contribution in [1.82, 2.24) is 4.98 Å². The van der Waals surface area contributed by atoms with Gasteiger partial charge in [-0.15, -0.1) is 11.3 Å². The molecule has 1 atom stereocenters. The summed E-state index contributed by atoms with van der Waals surface area (Å²) in [6, 6.07) is 12.4. The van der Waals surface area contributed by atoms with Crippen molar-refractivity contribution in [1.29, 1.82) is 0 Å². The van der Waals surface area contributed by atoms with Gasteiger partial charge in [0.05, 0.1) is 10.2 Å². The molecule has 2 aromatic heterocycles. The number of rotatable bonds is 3. The fraction of sp³-hybridized carbons (Fsp3) is 0.176. The Hall–Kier alpha value is -2.00. The van der Waals surface area contributed by atoms with Gasteiger partial charge in [0.2, 0.25) is 0 Å². The number of carbonyl (C=O) groups excluding carboxylic acids is 1. The summed E-state index contributed by atoms with van der Waals surface area (Å²) in [5.41, 5.74) is 4.44. The number of fused-ring (bicyclic) bond motifs is 2. The molecule has 98 valence electrons. The molecule has 0 aliphatic heterocycles. The van der Waals surface area contributed by atoms with Crippen molar-refractivity contribution in [2.24, 2.45) is 0 Å². The maximum atomic E-state index is 12.4. The van der Waals surface area contributed by atoms with Gasteiger partial charge in [-0.05, 0) is 41.0 Å². The van der Waals surface area contributed by atoms with E-state index in [-0.39, 0.29) is 5.78 Å². The molecule has 20 heavy (non-hydrogen) atoms. The van der Waals surface area contributed by atoms with Crippen LogP contribution in [-0.2, 0) is 6.42 Å². The molecule has 2 heterocycles. The fourth-order valence-corrected chi connectivity index (χ4v) is 3.67. The van der Waals surface area contributed by atoms with Crippen LogP contribution in [-0.4, -0.2) is 10.8 Å². The summed E-state index contributed by atoms with van der Waals surface area (Å²) in [6.45, 7) is 0. The van der Waals surface area contributed by atoms with Crippen molar-refractivity contribution in [3.8, 4) is 0 Å². The number of hydrogen-bond acceptors (Lipinski definition) is 3. The van der Waals surface area contributed by atoms with Crippen LogP contribution < -0.4 is 0 Å². The number of Topliss-reactive ketones (excluding diaryl/α,β-unsaturated/α-hetero) is 1. The van der Waals surface area contributed by atoms with Gasteiger partial charge in [-0.25, -0.2) is 0 Å². The lowest BCUT2D eigenvalue weighted by Crippen LogP contribution is -2.20. The normalized spacial score (nSPS) is 16.7. The molecule has 3 heteroatoms. The van der Waals surface area contributed by atoms with Crippen LogP contribution >= 0.6 is 11.3 Å². The number of carbonyl (C=O) groups is 1. The predicted molar refractivity (Wildman–Crippen MR) is 81.5 cm³/mol. The lowest BCUT2D eigenvalue weighted by Gasteiger charge is -2.29. The van der Waals surface area contributed by atoms with Crippen LogP contribution in [0.4, 0.5) is 0 Å². The minimum absolute atomic E-state index is 0.201. The molecule has 0 fully saturated rings. The van der Waals surface area contributed by atoms with Gasteiger partial charge < -0.3 is 0 Å². The Morgan fingerprint density at radius 2 is 2.20 bits per heavy atom. The summed E-state index contributed by atoms with van der Waals surface area (Å²) in [4.78, 5) is 16.7. The van der Waals surface area contributed by atoms with Gasteiger partial charge in [0.1, 0.15) is 0 Å². The van der Waals surface area contributed by atoms with Crippen molar-refractivity contribution < 1.29 is 4.79 Å². The number of hydrogen-bond donors (Lipinski definition) is 0. The Labute approximate surface area is 121 Å². The molecule has 0 bridgehead atoms. The first kappa shape index (κ1) is 11.8. The quantitative estimate of drug-likeness (QED) is 0.672. The highest BCUT2D eigenvalue weighted by atomic mass is 32.1. The Bertz CT molecular complexity index is 805. The molecular weight excluding hydrogens is 266 g/mol. The van der Waals surface area contributed by atoms with Crippen molar-refractivity contribution in [3.63, 3.8) is 0 Å². The average Bonchev–Trinajstić information content (AvgIpc) is 2.92. The summed E-state index contributed by atoms with van der Waals surface area (Å²) in [5.74, 6) is 0.588. The van der Waals surface area contributed by atoms with Crippen molar-refractivity contribution in [3.05, 3.63) is 64.7 Å². The molecular formula is C17H13NOS. The molecule has 0 amide bonds. The maximum absolute atomic E-state index is 12.4. The molecule has 1 aliphatic carbocycles. The van der Waals surface area contributed by atoms with E-state index in [0.717, 1.165) is 22.2 Å². The second kappa shape index (κ2) is 4.53. The number of aromatic nitrogens is 1. The smallest absolute Gasteiger partial charge is 0.165 e. The van der Waals surface area contributed by atoms with Crippen LogP contribution in [0.2, 0.25) is 0 Å². The van der Waals surface area contributed by atoms with E-state index in [0.29, 0.717) is 12.3 Å². The first-order valence-corrected chi connectivity index (χ1v) is 7.63. The van der Waals surface area contributed by atoms with Crippen LogP contribution in [0.25, 0.3) is 10.2 Å². The van der Waals surface area contributed by atoms with E-state index in [4.69, 9.17) is 0 Å².